The number of fused-ring (bicyclic) bond motifs is 1. The lowest BCUT2D eigenvalue weighted by molar-refractivity contribution is -0.384. The standard InChI is InChI=1S/C25H19BrClN3O7/c1-2-36-19-11-13(10-18(26)22(19)31)21-20-23(37-29(21)16-4-3-5-17(12-16)30(34)35)25(33)28(24(20)32)15-8-6-14(27)7-9-15/h3-12,20-21,23,31H,2H2,1H3/t20-,21+,23+/m1/s1. The van der Waals surface area contributed by atoms with Gasteiger partial charge in [-0.3, -0.25) is 24.5 Å². The molecule has 5 rings (SSSR count). The quantitative estimate of drug-likeness (QED) is 0.238. The number of aromatic hydroxyl groups is 1. The molecule has 10 nitrogen and oxygen atoms in total. The van der Waals surface area contributed by atoms with E-state index in [1.165, 1.54) is 23.3 Å². The third kappa shape index (κ3) is 4.28. The van der Waals surface area contributed by atoms with Gasteiger partial charge in [-0.2, -0.15) is 0 Å². The van der Waals surface area contributed by atoms with Crippen LogP contribution in [0.3, 0.4) is 0 Å². The van der Waals surface area contributed by atoms with Crippen LogP contribution in [-0.4, -0.2) is 34.6 Å². The van der Waals surface area contributed by atoms with Crippen molar-refractivity contribution in [1.82, 2.24) is 0 Å². The number of non-ortho nitro benzene ring substituents is 1. The molecule has 0 spiro atoms. The molecule has 1 N–H and O–H groups in total. The number of amides is 2. The first kappa shape index (κ1) is 25.0. The number of hydroxylamine groups is 1. The fraction of sp³-hybridized carbons (Fsp3) is 0.200. The smallest absolute Gasteiger partial charge is 0.271 e. The average molecular weight is 589 g/mol. The molecule has 190 valence electrons. The maximum absolute atomic E-state index is 13.7. The highest BCUT2D eigenvalue weighted by Crippen LogP contribution is 2.50. The number of nitro groups is 1. The highest BCUT2D eigenvalue weighted by atomic mass is 79.9. The van der Waals surface area contributed by atoms with Gasteiger partial charge in [-0.05, 0) is 70.9 Å². The van der Waals surface area contributed by atoms with E-state index in [0.29, 0.717) is 20.7 Å². The molecular formula is C25H19BrClN3O7. The van der Waals surface area contributed by atoms with E-state index < -0.39 is 34.8 Å². The largest absolute Gasteiger partial charge is 0.503 e. The number of anilines is 2. The molecule has 37 heavy (non-hydrogen) atoms. The Morgan fingerprint density at radius 2 is 1.84 bits per heavy atom. The van der Waals surface area contributed by atoms with Gasteiger partial charge in [0.1, 0.15) is 5.92 Å². The van der Waals surface area contributed by atoms with Gasteiger partial charge in [-0.1, -0.05) is 17.7 Å². The lowest BCUT2D eigenvalue weighted by atomic mass is 9.90. The van der Waals surface area contributed by atoms with E-state index in [2.05, 4.69) is 15.9 Å². The second-order valence-corrected chi connectivity index (χ2v) is 9.66. The summed E-state index contributed by atoms with van der Waals surface area (Å²) >= 11 is 9.30. The third-order valence-corrected chi connectivity index (χ3v) is 7.04. The summed E-state index contributed by atoms with van der Waals surface area (Å²) in [6.45, 7) is 2.03. The molecular weight excluding hydrogens is 570 g/mol. The Hall–Kier alpha value is -3.67. The molecule has 2 amide bonds. The Balaban J connectivity index is 1.64. The topological polar surface area (TPSA) is 122 Å². The van der Waals surface area contributed by atoms with E-state index in [1.807, 2.05) is 0 Å². The summed E-state index contributed by atoms with van der Waals surface area (Å²) < 4.78 is 5.87. The van der Waals surface area contributed by atoms with Crippen molar-refractivity contribution in [3.8, 4) is 11.5 Å². The second-order valence-electron chi connectivity index (χ2n) is 8.37. The summed E-state index contributed by atoms with van der Waals surface area (Å²) in [4.78, 5) is 45.2. The van der Waals surface area contributed by atoms with Crippen LogP contribution < -0.4 is 14.7 Å². The van der Waals surface area contributed by atoms with Crippen molar-refractivity contribution >= 4 is 56.4 Å². The first-order valence-electron chi connectivity index (χ1n) is 11.2. The number of rotatable bonds is 6. The summed E-state index contributed by atoms with van der Waals surface area (Å²) in [6.07, 6.45) is -1.18. The fourth-order valence-electron chi connectivity index (χ4n) is 4.60. The van der Waals surface area contributed by atoms with Gasteiger partial charge < -0.3 is 9.84 Å². The number of carbonyl (C=O) groups is 2. The van der Waals surface area contributed by atoms with Gasteiger partial charge in [-0.25, -0.2) is 9.96 Å². The third-order valence-electron chi connectivity index (χ3n) is 6.19. The first-order chi connectivity index (χ1) is 17.7. The molecule has 2 aliphatic rings. The minimum atomic E-state index is -1.18. The van der Waals surface area contributed by atoms with Crippen LogP contribution in [0, 0.1) is 16.0 Å². The number of benzene rings is 3. The minimum Gasteiger partial charge on any atom is -0.503 e. The van der Waals surface area contributed by atoms with Crippen LogP contribution in [0.1, 0.15) is 18.5 Å². The number of ether oxygens (including phenoxy) is 1. The lowest BCUT2D eigenvalue weighted by Crippen LogP contribution is -2.37. The minimum absolute atomic E-state index is 0.125. The summed E-state index contributed by atoms with van der Waals surface area (Å²) in [6, 6.07) is 14.3. The van der Waals surface area contributed by atoms with E-state index in [4.69, 9.17) is 21.2 Å². The fourth-order valence-corrected chi connectivity index (χ4v) is 5.18. The zero-order chi connectivity index (χ0) is 26.4. The predicted octanol–water partition coefficient (Wildman–Crippen LogP) is 5.17. The molecule has 0 bridgehead atoms. The highest BCUT2D eigenvalue weighted by molar-refractivity contribution is 9.10. The molecule has 2 fully saturated rings. The number of nitrogens with zero attached hydrogens (tertiary/aromatic N) is 3. The zero-order valence-electron chi connectivity index (χ0n) is 19.2. The number of phenols is 1. The summed E-state index contributed by atoms with van der Waals surface area (Å²) in [7, 11) is 0. The van der Waals surface area contributed by atoms with Crippen molar-refractivity contribution in [2.24, 2.45) is 5.92 Å². The number of phenolic OH excluding ortho intramolecular Hbond substituents is 1. The SMILES string of the molecule is CCOc1cc([C@H]2[C@H]3C(=O)N(c4ccc(Cl)cc4)C(=O)[C@H]3ON2c2cccc([N+](=O)[O-])c2)cc(Br)c1O. The predicted molar refractivity (Wildman–Crippen MR) is 138 cm³/mol. The molecule has 2 aliphatic heterocycles. The monoisotopic (exact) mass is 587 g/mol. The van der Waals surface area contributed by atoms with E-state index in [0.717, 1.165) is 4.90 Å². The molecule has 12 heteroatoms. The van der Waals surface area contributed by atoms with Crippen LogP contribution in [0.5, 0.6) is 11.5 Å². The van der Waals surface area contributed by atoms with E-state index >= 15 is 0 Å². The number of hydrogen-bond acceptors (Lipinski definition) is 8. The maximum Gasteiger partial charge on any atom is 0.271 e. The number of imide groups is 1. The molecule has 2 heterocycles. The van der Waals surface area contributed by atoms with E-state index in [1.54, 1.807) is 49.4 Å². The molecule has 0 unspecified atom stereocenters. The Bertz CT molecular complexity index is 1420. The molecule has 3 aromatic rings. The first-order valence-corrected chi connectivity index (χ1v) is 12.4. The van der Waals surface area contributed by atoms with Crippen molar-refractivity contribution < 1.29 is 29.2 Å². The van der Waals surface area contributed by atoms with Gasteiger partial charge in [0.25, 0.3) is 11.6 Å². The van der Waals surface area contributed by atoms with Crippen molar-refractivity contribution in [3.05, 3.63) is 85.8 Å². The van der Waals surface area contributed by atoms with E-state index in [9.17, 15) is 24.8 Å². The molecule has 3 aromatic carbocycles. The van der Waals surface area contributed by atoms with Gasteiger partial charge in [0, 0.05) is 17.2 Å². The normalized spacial score (nSPS) is 20.9. The maximum atomic E-state index is 13.7. The van der Waals surface area contributed by atoms with Crippen molar-refractivity contribution in [2.45, 2.75) is 19.1 Å². The van der Waals surface area contributed by atoms with Crippen LogP contribution in [0.2, 0.25) is 5.02 Å². The Morgan fingerprint density at radius 3 is 2.51 bits per heavy atom. The lowest BCUT2D eigenvalue weighted by Gasteiger charge is -2.29. The number of nitro benzene ring substituents is 1. The summed E-state index contributed by atoms with van der Waals surface area (Å²) in [5.74, 6) is -2.02. The van der Waals surface area contributed by atoms with Crippen LogP contribution in [0.25, 0.3) is 0 Å². The number of carbonyl (C=O) groups excluding carboxylic acids is 2. The summed E-state index contributed by atoms with van der Waals surface area (Å²) in [5.41, 5.74) is 0.944. The van der Waals surface area contributed by atoms with E-state index in [-0.39, 0.29) is 29.5 Å². The van der Waals surface area contributed by atoms with Crippen molar-refractivity contribution in [2.75, 3.05) is 16.6 Å². The number of hydrogen-bond donors (Lipinski definition) is 1. The highest BCUT2D eigenvalue weighted by Gasteiger charge is 2.60. The molecule has 2 saturated heterocycles. The average Bonchev–Trinajstić information content (AvgIpc) is 3.38. The molecule has 0 aliphatic carbocycles. The van der Waals surface area contributed by atoms with Crippen LogP contribution >= 0.6 is 27.5 Å². The Kier molecular flexibility index (Phi) is 6.52. The van der Waals surface area contributed by atoms with Gasteiger partial charge >= 0.3 is 0 Å². The number of halogens is 2. The summed E-state index contributed by atoms with van der Waals surface area (Å²) in [5, 5.41) is 23.6. The van der Waals surface area contributed by atoms with Gasteiger partial charge in [-0.15, -0.1) is 0 Å². The molecule has 0 saturated carbocycles. The van der Waals surface area contributed by atoms with Crippen molar-refractivity contribution in [1.29, 1.82) is 0 Å². The van der Waals surface area contributed by atoms with Gasteiger partial charge in [0.2, 0.25) is 5.91 Å². The van der Waals surface area contributed by atoms with Gasteiger partial charge in [0.15, 0.2) is 17.6 Å². The van der Waals surface area contributed by atoms with Crippen LogP contribution in [0.4, 0.5) is 17.1 Å². The molecule has 0 radical (unpaired) electrons. The molecule has 0 aromatic heterocycles. The Morgan fingerprint density at radius 1 is 1.11 bits per heavy atom. The zero-order valence-corrected chi connectivity index (χ0v) is 21.5. The van der Waals surface area contributed by atoms with Crippen LogP contribution in [0.15, 0.2) is 65.1 Å². The molecule has 3 atom stereocenters. The second kappa shape index (κ2) is 9.66. The van der Waals surface area contributed by atoms with Crippen molar-refractivity contribution in [3.63, 3.8) is 0 Å². The van der Waals surface area contributed by atoms with Crippen LogP contribution in [-0.2, 0) is 14.4 Å². The van der Waals surface area contributed by atoms with Gasteiger partial charge in [0.05, 0.1) is 33.4 Å². The Labute approximate surface area is 224 Å².